The first-order valence-corrected chi connectivity index (χ1v) is 8.07. The molecule has 0 unspecified atom stereocenters. The summed E-state index contributed by atoms with van der Waals surface area (Å²) in [6.45, 7) is 5.10. The minimum atomic E-state index is 0.552. The Morgan fingerprint density at radius 2 is 1.81 bits per heavy atom. The lowest BCUT2D eigenvalue weighted by atomic mass is 10.0. The Bertz CT molecular complexity index is 561. The predicted octanol–water partition coefficient (Wildman–Crippen LogP) is 3.22. The zero-order chi connectivity index (χ0) is 15.2. The number of rotatable bonds is 6. The molecule has 112 valence electrons. The van der Waals surface area contributed by atoms with E-state index in [1.54, 1.807) is 6.07 Å². The van der Waals surface area contributed by atoms with E-state index in [0.717, 1.165) is 5.82 Å². The van der Waals surface area contributed by atoms with Gasteiger partial charge in [-0.3, -0.25) is 0 Å². The molecule has 0 aliphatic rings. The lowest BCUT2D eigenvalue weighted by Gasteiger charge is -2.10. The van der Waals surface area contributed by atoms with Gasteiger partial charge in [-0.15, -0.1) is 0 Å². The molecule has 0 saturated carbocycles. The average Bonchev–Trinajstić information content (AvgIpc) is 2.52. The average molecular weight is 303 g/mol. The summed E-state index contributed by atoms with van der Waals surface area (Å²) in [4.78, 5) is 8.64. The summed E-state index contributed by atoms with van der Waals surface area (Å²) in [6.07, 6.45) is 1.93. The van der Waals surface area contributed by atoms with E-state index in [4.69, 9.17) is 5.84 Å². The van der Waals surface area contributed by atoms with Crippen LogP contribution in [0.4, 0.5) is 11.6 Å². The molecule has 0 fully saturated rings. The Labute approximate surface area is 129 Å². The maximum atomic E-state index is 5.42. The molecule has 0 bridgehead atoms. The van der Waals surface area contributed by atoms with Gasteiger partial charge in [0.2, 0.25) is 0 Å². The highest BCUT2D eigenvalue weighted by atomic mass is 32.2. The molecular weight excluding hydrogens is 282 g/mol. The van der Waals surface area contributed by atoms with Gasteiger partial charge in [-0.05, 0) is 23.3 Å². The van der Waals surface area contributed by atoms with E-state index in [2.05, 4.69) is 58.8 Å². The van der Waals surface area contributed by atoms with E-state index in [1.807, 2.05) is 6.26 Å². The van der Waals surface area contributed by atoms with Crippen molar-refractivity contribution in [3.8, 4) is 0 Å². The molecule has 21 heavy (non-hydrogen) atoms. The third kappa shape index (κ3) is 4.34. The number of hydrogen-bond acceptors (Lipinski definition) is 6. The number of thioether (sulfide) groups is 1. The van der Waals surface area contributed by atoms with Crippen LogP contribution in [0.25, 0.3) is 0 Å². The van der Waals surface area contributed by atoms with E-state index in [0.29, 0.717) is 23.4 Å². The normalized spacial score (nSPS) is 10.7. The van der Waals surface area contributed by atoms with Crippen molar-refractivity contribution in [1.29, 1.82) is 0 Å². The minimum absolute atomic E-state index is 0.552. The Balaban J connectivity index is 2.05. The molecule has 1 heterocycles. The standard InChI is InChI=1S/C15H21N5S/c1-10(2)12-6-4-11(5-7-12)9-17-13-8-14(20-16)19-15(18-13)21-3/h4-8,10H,9,16H2,1-3H3,(H2,17,18,19,20). The smallest absolute Gasteiger partial charge is 0.191 e. The second kappa shape index (κ2) is 7.28. The fourth-order valence-electron chi connectivity index (χ4n) is 1.89. The number of nitrogens with two attached hydrogens (primary N) is 1. The number of aromatic nitrogens is 2. The third-order valence-corrected chi connectivity index (χ3v) is 3.70. The van der Waals surface area contributed by atoms with Crippen LogP contribution in [-0.4, -0.2) is 16.2 Å². The van der Waals surface area contributed by atoms with Gasteiger partial charge >= 0.3 is 0 Å². The molecule has 2 rings (SSSR count). The van der Waals surface area contributed by atoms with Gasteiger partial charge in [-0.2, -0.15) is 0 Å². The first-order chi connectivity index (χ1) is 10.1. The number of hydrogen-bond donors (Lipinski definition) is 3. The van der Waals surface area contributed by atoms with E-state index in [9.17, 15) is 0 Å². The maximum absolute atomic E-state index is 5.42. The van der Waals surface area contributed by atoms with Crippen LogP contribution in [0.5, 0.6) is 0 Å². The van der Waals surface area contributed by atoms with Gasteiger partial charge in [0, 0.05) is 12.6 Å². The summed E-state index contributed by atoms with van der Waals surface area (Å²) in [5.74, 6) is 7.33. The largest absolute Gasteiger partial charge is 0.366 e. The van der Waals surface area contributed by atoms with Crippen LogP contribution in [-0.2, 0) is 6.54 Å². The van der Waals surface area contributed by atoms with Gasteiger partial charge in [0.15, 0.2) is 5.16 Å². The highest BCUT2D eigenvalue weighted by Crippen LogP contribution is 2.18. The Morgan fingerprint density at radius 1 is 1.14 bits per heavy atom. The summed E-state index contributed by atoms with van der Waals surface area (Å²) in [5.41, 5.74) is 5.12. The summed E-state index contributed by atoms with van der Waals surface area (Å²) >= 11 is 1.48. The van der Waals surface area contributed by atoms with E-state index in [-0.39, 0.29) is 0 Å². The van der Waals surface area contributed by atoms with Crippen molar-refractivity contribution < 1.29 is 0 Å². The van der Waals surface area contributed by atoms with Crippen LogP contribution < -0.4 is 16.6 Å². The zero-order valence-electron chi connectivity index (χ0n) is 12.6. The van der Waals surface area contributed by atoms with Crippen LogP contribution in [0.1, 0.15) is 30.9 Å². The van der Waals surface area contributed by atoms with Crippen LogP contribution >= 0.6 is 11.8 Å². The SMILES string of the molecule is CSc1nc(NN)cc(NCc2ccc(C(C)C)cc2)n1. The Hall–Kier alpha value is -1.79. The molecule has 2 aromatic rings. The molecule has 0 atom stereocenters. The fraction of sp³-hybridized carbons (Fsp3) is 0.333. The predicted molar refractivity (Wildman–Crippen MR) is 89.5 cm³/mol. The van der Waals surface area contributed by atoms with Gasteiger partial charge in [0.05, 0.1) is 0 Å². The quantitative estimate of drug-likeness (QED) is 0.329. The van der Waals surface area contributed by atoms with E-state index in [1.165, 1.54) is 22.9 Å². The molecule has 0 spiro atoms. The fourth-order valence-corrected chi connectivity index (χ4v) is 2.27. The molecule has 0 saturated heterocycles. The summed E-state index contributed by atoms with van der Waals surface area (Å²) < 4.78 is 0. The Kier molecular flexibility index (Phi) is 5.41. The highest BCUT2D eigenvalue weighted by molar-refractivity contribution is 7.98. The van der Waals surface area contributed by atoms with Crippen molar-refractivity contribution in [3.05, 3.63) is 41.5 Å². The molecule has 0 aliphatic heterocycles. The number of nitrogens with zero attached hydrogens (tertiary/aromatic N) is 2. The van der Waals surface area contributed by atoms with Crippen LogP contribution in [0, 0.1) is 0 Å². The van der Waals surface area contributed by atoms with E-state index >= 15 is 0 Å². The maximum Gasteiger partial charge on any atom is 0.191 e. The van der Waals surface area contributed by atoms with E-state index < -0.39 is 0 Å². The topological polar surface area (TPSA) is 75.9 Å². The van der Waals surface area contributed by atoms with Crippen LogP contribution in [0.3, 0.4) is 0 Å². The first kappa shape index (κ1) is 15.6. The van der Waals surface area contributed by atoms with Crippen molar-refractivity contribution in [2.45, 2.75) is 31.5 Å². The van der Waals surface area contributed by atoms with Crippen molar-refractivity contribution in [3.63, 3.8) is 0 Å². The van der Waals surface area contributed by atoms with Crippen molar-refractivity contribution in [2.24, 2.45) is 5.84 Å². The molecule has 6 heteroatoms. The van der Waals surface area contributed by atoms with Gasteiger partial charge in [0.1, 0.15) is 11.6 Å². The highest BCUT2D eigenvalue weighted by Gasteiger charge is 2.04. The number of nitrogens with one attached hydrogen (secondary N) is 2. The van der Waals surface area contributed by atoms with Crippen LogP contribution in [0.2, 0.25) is 0 Å². The molecular formula is C15H21N5S. The summed E-state index contributed by atoms with van der Waals surface area (Å²) in [7, 11) is 0. The van der Waals surface area contributed by atoms with Gasteiger partial charge < -0.3 is 10.7 Å². The van der Waals surface area contributed by atoms with Gasteiger partial charge in [-0.25, -0.2) is 15.8 Å². The van der Waals surface area contributed by atoms with Crippen LogP contribution in [0.15, 0.2) is 35.5 Å². The lowest BCUT2D eigenvalue weighted by Crippen LogP contribution is -2.11. The first-order valence-electron chi connectivity index (χ1n) is 6.84. The molecule has 5 nitrogen and oxygen atoms in total. The van der Waals surface area contributed by atoms with Crippen molar-refractivity contribution >= 4 is 23.4 Å². The summed E-state index contributed by atoms with van der Waals surface area (Å²) in [5, 5.41) is 3.98. The molecule has 0 amide bonds. The molecule has 0 radical (unpaired) electrons. The number of nitrogen functional groups attached to an aromatic ring is 1. The number of benzene rings is 1. The third-order valence-electron chi connectivity index (χ3n) is 3.16. The molecule has 0 aliphatic carbocycles. The Morgan fingerprint density at radius 3 is 2.38 bits per heavy atom. The molecule has 1 aromatic carbocycles. The number of hydrazine groups is 1. The second-order valence-electron chi connectivity index (χ2n) is 5.02. The minimum Gasteiger partial charge on any atom is -0.366 e. The second-order valence-corrected chi connectivity index (χ2v) is 5.79. The monoisotopic (exact) mass is 303 g/mol. The molecule has 4 N–H and O–H groups in total. The van der Waals surface area contributed by atoms with Crippen molar-refractivity contribution in [2.75, 3.05) is 17.0 Å². The lowest BCUT2D eigenvalue weighted by molar-refractivity contribution is 0.865. The van der Waals surface area contributed by atoms with Gasteiger partial charge in [0.25, 0.3) is 0 Å². The number of anilines is 2. The molecule has 1 aromatic heterocycles. The summed E-state index contributed by atoms with van der Waals surface area (Å²) in [6, 6.07) is 10.4. The zero-order valence-corrected chi connectivity index (χ0v) is 13.4. The van der Waals surface area contributed by atoms with Gasteiger partial charge in [-0.1, -0.05) is 49.9 Å². The van der Waals surface area contributed by atoms with Crippen molar-refractivity contribution in [1.82, 2.24) is 9.97 Å².